The lowest BCUT2D eigenvalue weighted by Crippen LogP contribution is -2.43. The molecule has 181 valence electrons. The molecule has 1 fully saturated rings. The molecule has 3 aromatic carbocycles. The molecule has 3 amide bonds. The van der Waals surface area contributed by atoms with Crippen LogP contribution in [0.2, 0.25) is 0 Å². The van der Waals surface area contributed by atoms with Crippen molar-refractivity contribution in [3.8, 4) is 11.3 Å². The molecular weight excluding hydrogens is 452 g/mol. The average Bonchev–Trinajstić information content (AvgIpc) is 3.52. The molecule has 1 aliphatic rings. The second-order valence-corrected chi connectivity index (χ2v) is 8.98. The molecule has 1 saturated heterocycles. The number of H-pyrrole nitrogens is 1. The summed E-state index contributed by atoms with van der Waals surface area (Å²) in [7, 11) is 0. The molecule has 7 heteroatoms. The second kappa shape index (κ2) is 10.1. The van der Waals surface area contributed by atoms with Crippen molar-refractivity contribution in [3.05, 3.63) is 90.8 Å². The van der Waals surface area contributed by atoms with Crippen LogP contribution in [0, 0.1) is 6.42 Å². The van der Waals surface area contributed by atoms with Crippen molar-refractivity contribution >= 4 is 40.0 Å². The Kier molecular flexibility index (Phi) is 6.54. The highest BCUT2D eigenvalue weighted by Crippen LogP contribution is 2.28. The Bertz CT molecular complexity index is 1410. The quantitative estimate of drug-likeness (QED) is 0.364. The number of aromatic nitrogens is 1. The number of fused-ring (bicyclic) bond motifs is 1. The second-order valence-electron chi connectivity index (χ2n) is 8.98. The van der Waals surface area contributed by atoms with Crippen LogP contribution < -0.4 is 10.6 Å². The maximum absolute atomic E-state index is 13.1. The summed E-state index contributed by atoms with van der Waals surface area (Å²) in [5.41, 5.74) is 5.13. The van der Waals surface area contributed by atoms with E-state index in [2.05, 4.69) is 15.6 Å². The number of aromatic amines is 1. The predicted molar refractivity (Wildman–Crippen MR) is 141 cm³/mol. The number of amides is 3. The van der Waals surface area contributed by atoms with Gasteiger partial charge in [0.05, 0.1) is 6.42 Å². The van der Waals surface area contributed by atoms with E-state index in [9.17, 15) is 14.4 Å². The topological polar surface area (TPSA) is 94.3 Å². The molecule has 1 atom stereocenters. The van der Waals surface area contributed by atoms with E-state index in [0.29, 0.717) is 18.7 Å². The summed E-state index contributed by atoms with van der Waals surface area (Å²) in [5.74, 6) is -0.428. The molecule has 1 aliphatic heterocycles. The fourth-order valence-corrected chi connectivity index (χ4v) is 4.61. The third-order valence-electron chi connectivity index (χ3n) is 6.33. The summed E-state index contributed by atoms with van der Waals surface area (Å²) < 4.78 is 0. The highest BCUT2D eigenvalue weighted by Gasteiger charge is 2.34. The summed E-state index contributed by atoms with van der Waals surface area (Å²) in [4.78, 5) is 42.2. The number of carbonyl (C=O) groups is 3. The van der Waals surface area contributed by atoms with Gasteiger partial charge in [0.15, 0.2) is 0 Å². The van der Waals surface area contributed by atoms with Crippen LogP contribution in [-0.2, 0) is 14.4 Å². The number of nitrogens with one attached hydrogen (secondary N) is 3. The molecule has 0 saturated carbocycles. The summed E-state index contributed by atoms with van der Waals surface area (Å²) in [5, 5.41) is 6.73. The zero-order valence-corrected chi connectivity index (χ0v) is 20.0. The number of likely N-dealkylation sites (tertiary alicyclic amines) is 1. The average molecular weight is 480 g/mol. The van der Waals surface area contributed by atoms with Crippen LogP contribution in [0.15, 0.2) is 78.9 Å². The van der Waals surface area contributed by atoms with Crippen LogP contribution in [0.25, 0.3) is 22.2 Å². The van der Waals surface area contributed by atoms with Crippen LogP contribution >= 0.6 is 0 Å². The lowest BCUT2D eigenvalue weighted by Gasteiger charge is -2.24. The van der Waals surface area contributed by atoms with Gasteiger partial charge in [0.2, 0.25) is 17.7 Å². The van der Waals surface area contributed by atoms with Crippen molar-refractivity contribution in [3.63, 3.8) is 0 Å². The van der Waals surface area contributed by atoms with Crippen LogP contribution in [0.5, 0.6) is 0 Å². The van der Waals surface area contributed by atoms with Gasteiger partial charge in [-0.3, -0.25) is 14.4 Å². The lowest BCUT2D eigenvalue weighted by atomic mass is 10.1. The molecule has 3 N–H and O–H groups in total. The Morgan fingerprint density at radius 3 is 2.42 bits per heavy atom. The van der Waals surface area contributed by atoms with E-state index in [1.807, 2.05) is 78.9 Å². The Morgan fingerprint density at radius 2 is 1.67 bits per heavy atom. The third-order valence-corrected chi connectivity index (χ3v) is 6.33. The van der Waals surface area contributed by atoms with Crippen LogP contribution in [0.4, 0.5) is 11.4 Å². The maximum Gasteiger partial charge on any atom is 0.247 e. The van der Waals surface area contributed by atoms with Gasteiger partial charge in [-0.15, -0.1) is 0 Å². The zero-order valence-electron chi connectivity index (χ0n) is 20.0. The first-order valence-electron chi connectivity index (χ1n) is 12.0. The standard InChI is InChI=1S/C29H27N4O3/c1-19(34)30-23-11-9-21(10-12-23)26-18-22-17-24(13-14-25(22)32-26)31-29(36)27-8-5-15-33(27)28(35)16-20-6-3-2-4-7-20/h2-4,6-7,9-14,16-18,27,32H,5,8,15H2,1H3,(H,30,34)(H,31,36)/t27-/m0/s1. The zero-order chi connectivity index (χ0) is 25.1. The van der Waals surface area contributed by atoms with Gasteiger partial charge in [0, 0.05) is 41.4 Å². The monoisotopic (exact) mass is 479 g/mol. The number of nitrogens with zero attached hydrogens (tertiary/aromatic N) is 1. The molecule has 1 aromatic heterocycles. The molecule has 0 aliphatic carbocycles. The predicted octanol–water partition coefficient (Wildman–Crippen LogP) is 4.98. The highest BCUT2D eigenvalue weighted by atomic mass is 16.2. The number of benzene rings is 3. The van der Waals surface area contributed by atoms with Crippen LogP contribution in [-0.4, -0.2) is 40.2 Å². The van der Waals surface area contributed by atoms with Gasteiger partial charge in [-0.25, -0.2) is 0 Å². The molecule has 0 unspecified atom stereocenters. The van der Waals surface area contributed by atoms with E-state index in [-0.39, 0.29) is 17.7 Å². The minimum atomic E-state index is -0.489. The number of rotatable bonds is 6. The molecule has 0 spiro atoms. The molecule has 2 heterocycles. The van der Waals surface area contributed by atoms with E-state index in [1.165, 1.54) is 6.92 Å². The molecule has 5 rings (SSSR count). The van der Waals surface area contributed by atoms with Crippen LogP contribution in [0.1, 0.15) is 25.3 Å². The molecule has 36 heavy (non-hydrogen) atoms. The smallest absolute Gasteiger partial charge is 0.247 e. The van der Waals surface area contributed by atoms with Crippen molar-refractivity contribution in [2.45, 2.75) is 25.8 Å². The van der Waals surface area contributed by atoms with Gasteiger partial charge in [0.25, 0.3) is 0 Å². The number of hydrogen-bond acceptors (Lipinski definition) is 3. The number of anilines is 2. The Labute approximate surface area is 209 Å². The van der Waals surface area contributed by atoms with Gasteiger partial charge in [-0.05, 0) is 60.4 Å². The summed E-state index contributed by atoms with van der Waals surface area (Å²) in [6.07, 6.45) is 3.03. The van der Waals surface area contributed by atoms with Gasteiger partial charge in [-0.2, -0.15) is 0 Å². The molecule has 0 bridgehead atoms. The van der Waals surface area contributed by atoms with Crippen molar-refractivity contribution in [1.29, 1.82) is 0 Å². The molecule has 1 radical (unpaired) electrons. The van der Waals surface area contributed by atoms with E-state index >= 15 is 0 Å². The minimum absolute atomic E-state index is 0.109. The van der Waals surface area contributed by atoms with Crippen molar-refractivity contribution in [2.75, 3.05) is 17.2 Å². The fraction of sp³-hybridized carbons (Fsp3) is 0.172. The normalized spacial score (nSPS) is 15.1. The summed E-state index contributed by atoms with van der Waals surface area (Å²) >= 11 is 0. The first kappa shape index (κ1) is 23.4. The Balaban J connectivity index is 1.27. The van der Waals surface area contributed by atoms with Crippen molar-refractivity contribution in [1.82, 2.24) is 9.88 Å². The molecule has 4 aromatic rings. The van der Waals surface area contributed by atoms with Gasteiger partial charge in [-0.1, -0.05) is 42.5 Å². The maximum atomic E-state index is 13.1. The van der Waals surface area contributed by atoms with Gasteiger partial charge in [0.1, 0.15) is 6.04 Å². The lowest BCUT2D eigenvalue weighted by molar-refractivity contribution is -0.133. The summed E-state index contributed by atoms with van der Waals surface area (Å²) in [6.45, 7) is 2.05. The van der Waals surface area contributed by atoms with Gasteiger partial charge >= 0.3 is 0 Å². The van der Waals surface area contributed by atoms with E-state index in [1.54, 1.807) is 11.3 Å². The summed E-state index contributed by atoms with van der Waals surface area (Å²) in [6, 6.07) is 24.3. The third kappa shape index (κ3) is 5.15. The number of hydrogen-bond donors (Lipinski definition) is 3. The van der Waals surface area contributed by atoms with E-state index in [4.69, 9.17) is 0 Å². The fourth-order valence-electron chi connectivity index (χ4n) is 4.61. The van der Waals surface area contributed by atoms with Gasteiger partial charge < -0.3 is 20.5 Å². The number of carbonyl (C=O) groups excluding carboxylic acids is 3. The largest absolute Gasteiger partial charge is 0.355 e. The Morgan fingerprint density at radius 1 is 0.917 bits per heavy atom. The van der Waals surface area contributed by atoms with Crippen molar-refractivity contribution < 1.29 is 14.4 Å². The van der Waals surface area contributed by atoms with Crippen LogP contribution in [0.3, 0.4) is 0 Å². The minimum Gasteiger partial charge on any atom is -0.355 e. The first-order valence-corrected chi connectivity index (χ1v) is 12.0. The molecule has 7 nitrogen and oxygen atoms in total. The first-order chi connectivity index (χ1) is 17.5. The van der Waals surface area contributed by atoms with Crippen molar-refractivity contribution in [2.24, 2.45) is 0 Å². The molecular formula is C29H27N4O3. The van der Waals surface area contributed by atoms with E-state index in [0.717, 1.165) is 39.8 Å². The SMILES string of the molecule is CC(=O)Nc1ccc(-c2cc3cc(NC(=O)[C@@H]4CCCN4C(=O)[CH]c4ccccc4)ccc3[nH]2)cc1. The Hall–Kier alpha value is -4.39. The van der Waals surface area contributed by atoms with E-state index < -0.39 is 6.04 Å². The highest BCUT2D eigenvalue weighted by molar-refractivity contribution is 6.01.